The number of fused-ring (bicyclic) bond motifs is 3. The molecule has 9 aromatic rings. The molecule has 0 radical (unpaired) electrons. The molecule has 0 amide bonds. The van der Waals surface area contributed by atoms with Gasteiger partial charge in [0.05, 0.1) is 0 Å². The number of rotatable bonds is 6. The second-order valence-electron chi connectivity index (χ2n) is 12.1. The fraction of sp³-hybridized carbons (Fsp3) is 0. The molecular weight excluding hydrogens is 599 g/mol. The van der Waals surface area contributed by atoms with Gasteiger partial charge in [-0.15, -0.1) is 0 Å². The van der Waals surface area contributed by atoms with Gasteiger partial charge in [0.1, 0.15) is 11.2 Å². The van der Waals surface area contributed by atoms with E-state index in [-0.39, 0.29) is 0 Å². The maximum absolute atomic E-state index is 6.19. The molecule has 0 spiro atoms. The van der Waals surface area contributed by atoms with E-state index < -0.39 is 0 Å². The van der Waals surface area contributed by atoms with Crippen LogP contribution in [0.2, 0.25) is 0 Å². The minimum Gasteiger partial charge on any atom is -0.456 e. The molecule has 2 aromatic heterocycles. The van der Waals surface area contributed by atoms with Gasteiger partial charge in [-0.25, -0.2) is 15.0 Å². The molecule has 0 aliphatic carbocycles. The zero-order valence-corrected chi connectivity index (χ0v) is 26.5. The summed E-state index contributed by atoms with van der Waals surface area (Å²) < 4.78 is 6.19. The Morgan fingerprint density at radius 3 is 1.33 bits per heavy atom. The molecule has 0 saturated heterocycles. The Bertz CT molecular complexity index is 2570. The monoisotopic (exact) mass is 627 g/mol. The number of hydrogen-bond donors (Lipinski definition) is 0. The van der Waals surface area contributed by atoms with E-state index in [1.165, 1.54) is 11.1 Å². The van der Waals surface area contributed by atoms with Crippen LogP contribution >= 0.6 is 0 Å². The van der Waals surface area contributed by atoms with E-state index in [0.29, 0.717) is 17.5 Å². The minimum atomic E-state index is 0.621. The summed E-state index contributed by atoms with van der Waals surface area (Å²) in [5.41, 5.74) is 11.4. The maximum Gasteiger partial charge on any atom is 0.164 e. The van der Waals surface area contributed by atoms with Gasteiger partial charge < -0.3 is 4.42 Å². The van der Waals surface area contributed by atoms with Crippen LogP contribution in [0.3, 0.4) is 0 Å². The molecule has 0 aliphatic rings. The number of hydrogen-bond acceptors (Lipinski definition) is 4. The Kier molecular flexibility index (Phi) is 7.10. The Hall–Kier alpha value is -6.65. The molecule has 0 saturated carbocycles. The molecule has 0 bridgehead atoms. The number of furan rings is 1. The fourth-order valence-corrected chi connectivity index (χ4v) is 6.39. The maximum atomic E-state index is 6.19. The summed E-state index contributed by atoms with van der Waals surface area (Å²) in [5, 5.41) is 2.23. The zero-order valence-electron chi connectivity index (χ0n) is 26.5. The molecule has 0 aliphatic heterocycles. The average molecular weight is 628 g/mol. The molecule has 0 unspecified atom stereocenters. The Balaban J connectivity index is 1.07. The van der Waals surface area contributed by atoms with E-state index in [0.717, 1.165) is 60.9 Å². The van der Waals surface area contributed by atoms with Crippen molar-refractivity contribution in [3.05, 3.63) is 176 Å². The highest BCUT2D eigenvalue weighted by molar-refractivity contribution is 6.05. The topological polar surface area (TPSA) is 51.8 Å². The van der Waals surface area contributed by atoms with E-state index in [1.807, 2.05) is 54.6 Å². The van der Waals surface area contributed by atoms with Crippen LogP contribution < -0.4 is 0 Å². The Labute approximate surface area is 284 Å². The van der Waals surface area contributed by atoms with Crippen LogP contribution in [-0.4, -0.2) is 15.0 Å². The van der Waals surface area contributed by atoms with Gasteiger partial charge in [0.25, 0.3) is 0 Å². The molecule has 9 rings (SSSR count). The third-order valence-corrected chi connectivity index (χ3v) is 8.97. The third-order valence-electron chi connectivity index (χ3n) is 8.97. The van der Waals surface area contributed by atoms with Crippen LogP contribution in [0.25, 0.3) is 89.5 Å². The summed E-state index contributed by atoms with van der Waals surface area (Å²) in [7, 11) is 0. The van der Waals surface area contributed by atoms with Gasteiger partial charge in [-0.3, -0.25) is 0 Å². The quantitative estimate of drug-likeness (QED) is 0.184. The standard InChI is InChI=1S/C45H29N3O/c1-3-10-30(11-4-1)31-18-20-32(21-19-31)33-22-24-35(25-23-33)44-46-43(34-12-5-2-6-13-34)47-45(48-44)38-15-9-14-36(28-38)37-26-27-40-39-16-7-8-17-41(39)49-42(40)29-37/h1-29H. The van der Waals surface area contributed by atoms with E-state index >= 15 is 0 Å². The Morgan fingerprint density at radius 2 is 0.673 bits per heavy atom. The largest absolute Gasteiger partial charge is 0.456 e. The van der Waals surface area contributed by atoms with Crippen molar-refractivity contribution in [2.45, 2.75) is 0 Å². The first-order chi connectivity index (χ1) is 24.2. The van der Waals surface area contributed by atoms with Crippen LogP contribution in [0.4, 0.5) is 0 Å². The van der Waals surface area contributed by atoms with Crippen molar-refractivity contribution in [2.24, 2.45) is 0 Å². The average Bonchev–Trinajstić information content (AvgIpc) is 3.57. The van der Waals surface area contributed by atoms with E-state index in [1.54, 1.807) is 0 Å². The summed E-state index contributed by atoms with van der Waals surface area (Å²) in [6.45, 7) is 0. The van der Waals surface area contributed by atoms with Gasteiger partial charge in [0, 0.05) is 27.5 Å². The zero-order chi connectivity index (χ0) is 32.6. The first-order valence-corrected chi connectivity index (χ1v) is 16.4. The number of aromatic nitrogens is 3. The van der Waals surface area contributed by atoms with Crippen LogP contribution in [0.15, 0.2) is 180 Å². The molecular formula is C45H29N3O. The van der Waals surface area contributed by atoms with Crippen LogP contribution in [0.1, 0.15) is 0 Å². The molecule has 0 N–H and O–H groups in total. The SMILES string of the molecule is c1ccc(-c2ccc(-c3ccc(-c4nc(-c5ccccc5)nc(-c5cccc(-c6ccc7c(c6)oc6ccccc67)c5)n4)cc3)cc2)cc1. The molecule has 4 heteroatoms. The molecule has 0 fully saturated rings. The lowest BCUT2D eigenvalue weighted by Gasteiger charge is -2.10. The predicted octanol–water partition coefficient (Wildman–Crippen LogP) is 11.8. The van der Waals surface area contributed by atoms with Crippen molar-refractivity contribution >= 4 is 21.9 Å². The van der Waals surface area contributed by atoms with Crippen LogP contribution in [0, 0.1) is 0 Å². The van der Waals surface area contributed by atoms with Gasteiger partial charge in [-0.2, -0.15) is 0 Å². The van der Waals surface area contributed by atoms with Gasteiger partial charge >= 0.3 is 0 Å². The van der Waals surface area contributed by atoms with Crippen molar-refractivity contribution < 1.29 is 4.42 Å². The minimum absolute atomic E-state index is 0.621. The van der Waals surface area contributed by atoms with Crippen LogP contribution in [-0.2, 0) is 0 Å². The van der Waals surface area contributed by atoms with E-state index in [2.05, 4.69) is 121 Å². The van der Waals surface area contributed by atoms with Crippen molar-refractivity contribution in [3.63, 3.8) is 0 Å². The second-order valence-corrected chi connectivity index (χ2v) is 12.1. The summed E-state index contributed by atoms with van der Waals surface area (Å²) in [5.74, 6) is 1.88. The lowest BCUT2D eigenvalue weighted by molar-refractivity contribution is 0.669. The van der Waals surface area contributed by atoms with Gasteiger partial charge in [0.2, 0.25) is 0 Å². The summed E-state index contributed by atoms with van der Waals surface area (Å²) >= 11 is 0. The highest BCUT2D eigenvalue weighted by Gasteiger charge is 2.14. The number of nitrogens with zero attached hydrogens (tertiary/aromatic N) is 3. The first kappa shape index (κ1) is 28.6. The van der Waals surface area contributed by atoms with Crippen LogP contribution in [0.5, 0.6) is 0 Å². The molecule has 49 heavy (non-hydrogen) atoms. The van der Waals surface area contributed by atoms with Crippen molar-refractivity contribution in [3.8, 4) is 67.5 Å². The van der Waals surface area contributed by atoms with Crippen molar-refractivity contribution in [1.82, 2.24) is 15.0 Å². The lowest BCUT2D eigenvalue weighted by Crippen LogP contribution is -2.00. The molecule has 0 atom stereocenters. The normalized spacial score (nSPS) is 11.3. The van der Waals surface area contributed by atoms with Gasteiger partial charge in [0.15, 0.2) is 17.5 Å². The summed E-state index contributed by atoms with van der Waals surface area (Å²) in [4.78, 5) is 14.9. The number of benzene rings is 7. The molecule has 230 valence electrons. The van der Waals surface area contributed by atoms with Gasteiger partial charge in [-0.05, 0) is 57.6 Å². The smallest absolute Gasteiger partial charge is 0.164 e. The Morgan fingerprint density at radius 1 is 0.265 bits per heavy atom. The molecule has 7 aromatic carbocycles. The fourth-order valence-electron chi connectivity index (χ4n) is 6.39. The molecule has 4 nitrogen and oxygen atoms in total. The van der Waals surface area contributed by atoms with E-state index in [9.17, 15) is 0 Å². The highest BCUT2D eigenvalue weighted by atomic mass is 16.3. The highest BCUT2D eigenvalue weighted by Crippen LogP contribution is 2.34. The first-order valence-electron chi connectivity index (χ1n) is 16.4. The summed E-state index contributed by atoms with van der Waals surface area (Å²) in [6.07, 6.45) is 0. The predicted molar refractivity (Wildman–Crippen MR) is 200 cm³/mol. The second kappa shape index (κ2) is 12.2. The lowest BCUT2D eigenvalue weighted by atomic mass is 9.99. The van der Waals surface area contributed by atoms with E-state index in [4.69, 9.17) is 19.4 Å². The van der Waals surface area contributed by atoms with Crippen molar-refractivity contribution in [1.29, 1.82) is 0 Å². The van der Waals surface area contributed by atoms with Crippen molar-refractivity contribution in [2.75, 3.05) is 0 Å². The van der Waals surface area contributed by atoms with Gasteiger partial charge in [-0.1, -0.05) is 152 Å². The number of para-hydroxylation sites is 1. The summed E-state index contributed by atoms with van der Waals surface area (Å²) in [6, 6.07) is 60.5. The third kappa shape index (κ3) is 5.56. The molecule has 2 heterocycles.